The third-order valence-electron chi connectivity index (χ3n) is 8.53. The second-order valence-electron chi connectivity index (χ2n) is 11.2. The first-order valence-electron chi connectivity index (χ1n) is 14.7. The Balaban J connectivity index is 1.32. The monoisotopic (exact) mass is 566 g/mol. The molecule has 4 heterocycles. The second kappa shape index (κ2) is 9.51. The Hall–Kier alpha value is -6.01. The van der Waals surface area contributed by atoms with Gasteiger partial charge < -0.3 is 4.90 Å². The van der Waals surface area contributed by atoms with Gasteiger partial charge in [-0.05, 0) is 66.4 Å². The molecule has 0 aliphatic heterocycles. The van der Waals surface area contributed by atoms with Gasteiger partial charge in [0, 0.05) is 44.8 Å². The van der Waals surface area contributed by atoms with Crippen molar-refractivity contribution in [3.05, 3.63) is 145 Å². The quantitative estimate of drug-likeness (QED) is 0.199. The fourth-order valence-corrected chi connectivity index (χ4v) is 6.54. The fraction of sp³-hybridized carbons (Fsp3) is 0.0263. The molecule has 4 aromatic heterocycles. The molecule has 0 bridgehead atoms. The van der Waals surface area contributed by atoms with E-state index in [2.05, 4.69) is 154 Å². The first-order valence-corrected chi connectivity index (χ1v) is 14.7. The molecule has 0 atom stereocenters. The number of rotatable bonds is 4. The first kappa shape index (κ1) is 24.6. The number of anilines is 3. The summed E-state index contributed by atoms with van der Waals surface area (Å²) in [4.78, 5) is 11.8. The van der Waals surface area contributed by atoms with Crippen LogP contribution in [0.1, 0.15) is 5.56 Å². The number of hydrogen-bond acceptors (Lipinski definition) is 4. The zero-order valence-electron chi connectivity index (χ0n) is 24.0. The van der Waals surface area contributed by atoms with Crippen molar-refractivity contribution in [2.24, 2.45) is 0 Å². The zero-order chi connectivity index (χ0) is 29.2. The normalized spacial score (nSPS) is 11.8. The highest BCUT2D eigenvalue weighted by atomic mass is 15.3. The number of aryl methyl sites for hydroxylation is 1. The number of nitrogens with zero attached hydrogens (tertiary/aromatic N) is 6. The Bertz CT molecular complexity index is 2510. The maximum atomic E-state index is 4.83. The molecule has 208 valence electrons. The molecule has 0 aliphatic carbocycles. The lowest BCUT2D eigenvalue weighted by Gasteiger charge is -2.26. The van der Waals surface area contributed by atoms with E-state index in [9.17, 15) is 0 Å². The predicted octanol–water partition coefficient (Wildman–Crippen LogP) is 9.31. The van der Waals surface area contributed by atoms with Gasteiger partial charge in [-0.3, -0.25) is 4.57 Å². The zero-order valence-corrected chi connectivity index (χ0v) is 24.0. The van der Waals surface area contributed by atoms with Crippen LogP contribution in [0.25, 0.3) is 54.9 Å². The summed E-state index contributed by atoms with van der Waals surface area (Å²) in [7, 11) is 0. The lowest BCUT2D eigenvalue weighted by Crippen LogP contribution is -2.10. The highest BCUT2D eigenvalue weighted by molar-refractivity contribution is 6.13. The van der Waals surface area contributed by atoms with Gasteiger partial charge in [0.1, 0.15) is 12.1 Å². The highest BCUT2D eigenvalue weighted by Crippen LogP contribution is 2.41. The van der Waals surface area contributed by atoms with Crippen LogP contribution >= 0.6 is 0 Å². The van der Waals surface area contributed by atoms with Gasteiger partial charge in [0.25, 0.3) is 0 Å². The van der Waals surface area contributed by atoms with Crippen LogP contribution in [0.2, 0.25) is 0 Å². The Labute approximate surface area is 253 Å². The standard InChI is InChI=1S/C38H26N6/c1-25-15-20-37(39-23-25)43-34-14-8-7-12-30(34)32-19-17-27(21-35(32)43)42(26-9-3-2-4-10-26)28-16-18-31-29-11-5-6-13-33(29)38-40-24-41-44(38)36(31)22-28/h2-24H,1H3. The van der Waals surface area contributed by atoms with Crippen LogP contribution in [0.4, 0.5) is 17.1 Å². The van der Waals surface area contributed by atoms with E-state index < -0.39 is 0 Å². The minimum Gasteiger partial charge on any atom is -0.310 e. The third kappa shape index (κ3) is 3.64. The summed E-state index contributed by atoms with van der Waals surface area (Å²) in [5, 5.41) is 10.4. The van der Waals surface area contributed by atoms with E-state index in [4.69, 9.17) is 4.98 Å². The predicted molar refractivity (Wildman–Crippen MR) is 180 cm³/mol. The Morgan fingerprint density at radius 1 is 0.523 bits per heavy atom. The molecule has 0 spiro atoms. The van der Waals surface area contributed by atoms with Gasteiger partial charge >= 0.3 is 0 Å². The summed E-state index contributed by atoms with van der Waals surface area (Å²) in [6.07, 6.45) is 3.56. The van der Waals surface area contributed by atoms with Crippen LogP contribution in [0.5, 0.6) is 0 Å². The van der Waals surface area contributed by atoms with Gasteiger partial charge in [-0.2, -0.15) is 5.10 Å². The molecule has 0 amide bonds. The molecule has 0 aliphatic rings. The molecule has 0 unspecified atom stereocenters. The van der Waals surface area contributed by atoms with Crippen molar-refractivity contribution in [1.29, 1.82) is 0 Å². The van der Waals surface area contributed by atoms with E-state index in [1.54, 1.807) is 6.33 Å². The number of pyridine rings is 2. The molecule has 0 saturated carbocycles. The van der Waals surface area contributed by atoms with Gasteiger partial charge in [0.15, 0.2) is 5.65 Å². The molecule has 9 rings (SSSR count). The van der Waals surface area contributed by atoms with Crippen molar-refractivity contribution in [3.63, 3.8) is 0 Å². The van der Waals surface area contributed by atoms with E-state index in [0.29, 0.717) is 0 Å². The topological polar surface area (TPSA) is 51.2 Å². The largest absolute Gasteiger partial charge is 0.310 e. The molecule has 0 fully saturated rings. The summed E-state index contributed by atoms with van der Waals surface area (Å²) in [5.41, 5.74) is 8.39. The second-order valence-corrected chi connectivity index (χ2v) is 11.2. The van der Waals surface area contributed by atoms with Crippen LogP contribution in [-0.4, -0.2) is 24.1 Å². The number of para-hydroxylation sites is 2. The van der Waals surface area contributed by atoms with Gasteiger partial charge in [-0.1, -0.05) is 78.9 Å². The molecule has 5 aromatic carbocycles. The first-order chi connectivity index (χ1) is 21.7. The Kier molecular flexibility index (Phi) is 5.31. The van der Waals surface area contributed by atoms with Gasteiger partial charge in [0.2, 0.25) is 0 Å². The highest BCUT2D eigenvalue weighted by Gasteiger charge is 2.19. The van der Waals surface area contributed by atoms with Crippen molar-refractivity contribution >= 4 is 66.2 Å². The van der Waals surface area contributed by atoms with E-state index in [1.807, 2.05) is 10.7 Å². The van der Waals surface area contributed by atoms with E-state index in [-0.39, 0.29) is 0 Å². The van der Waals surface area contributed by atoms with Gasteiger partial charge in [0.05, 0.1) is 16.6 Å². The molecule has 0 radical (unpaired) electrons. The van der Waals surface area contributed by atoms with E-state index >= 15 is 0 Å². The van der Waals surface area contributed by atoms with Crippen LogP contribution < -0.4 is 4.90 Å². The molecule has 0 saturated heterocycles. The van der Waals surface area contributed by atoms with Gasteiger partial charge in [-0.25, -0.2) is 14.5 Å². The molecule has 0 N–H and O–H groups in total. The maximum Gasteiger partial charge on any atom is 0.163 e. The maximum absolute atomic E-state index is 4.83. The minimum absolute atomic E-state index is 0.855. The number of fused-ring (bicyclic) bond motifs is 9. The summed E-state index contributed by atoms with van der Waals surface area (Å²) in [6, 6.07) is 45.0. The lowest BCUT2D eigenvalue weighted by atomic mass is 10.0. The SMILES string of the molecule is Cc1ccc(-n2c3ccccc3c3ccc(N(c4ccccc4)c4ccc5c6ccccc6c6ncnn6c5c4)cc32)nc1. The van der Waals surface area contributed by atoms with E-state index in [0.717, 1.165) is 66.8 Å². The van der Waals surface area contributed by atoms with E-state index in [1.165, 1.54) is 10.8 Å². The summed E-state index contributed by atoms with van der Waals surface area (Å²) in [5.74, 6) is 0.899. The van der Waals surface area contributed by atoms with Crippen molar-refractivity contribution in [2.45, 2.75) is 6.92 Å². The fourth-order valence-electron chi connectivity index (χ4n) is 6.54. The number of aromatic nitrogens is 5. The van der Waals surface area contributed by atoms with Crippen LogP contribution in [0.3, 0.4) is 0 Å². The van der Waals surface area contributed by atoms with Crippen LogP contribution in [0, 0.1) is 6.92 Å². The van der Waals surface area contributed by atoms with Crippen molar-refractivity contribution in [1.82, 2.24) is 24.1 Å². The molecule has 9 aromatic rings. The molecule has 6 heteroatoms. The third-order valence-corrected chi connectivity index (χ3v) is 8.53. The van der Waals surface area contributed by atoms with Crippen molar-refractivity contribution < 1.29 is 0 Å². The smallest absolute Gasteiger partial charge is 0.163 e. The van der Waals surface area contributed by atoms with Gasteiger partial charge in [-0.15, -0.1) is 0 Å². The Morgan fingerprint density at radius 2 is 1.18 bits per heavy atom. The molecule has 6 nitrogen and oxygen atoms in total. The summed E-state index contributed by atoms with van der Waals surface area (Å²) >= 11 is 0. The van der Waals surface area contributed by atoms with Crippen LogP contribution in [-0.2, 0) is 0 Å². The van der Waals surface area contributed by atoms with Crippen LogP contribution in [0.15, 0.2) is 140 Å². The summed E-state index contributed by atoms with van der Waals surface area (Å²) < 4.78 is 4.22. The summed E-state index contributed by atoms with van der Waals surface area (Å²) in [6.45, 7) is 2.07. The lowest BCUT2D eigenvalue weighted by molar-refractivity contribution is 1.01. The Morgan fingerprint density at radius 3 is 1.95 bits per heavy atom. The average Bonchev–Trinajstić information content (AvgIpc) is 3.70. The average molecular weight is 567 g/mol. The van der Waals surface area contributed by atoms with Crippen molar-refractivity contribution in [2.75, 3.05) is 4.90 Å². The molecular formula is C38H26N6. The van der Waals surface area contributed by atoms with Crippen molar-refractivity contribution in [3.8, 4) is 5.82 Å². The molecule has 44 heavy (non-hydrogen) atoms. The number of hydrogen-bond donors (Lipinski definition) is 0. The minimum atomic E-state index is 0.855. The number of benzene rings is 5. The molecular weight excluding hydrogens is 540 g/mol.